The Morgan fingerprint density at radius 1 is 1.06 bits per heavy atom. The van der Waals surface area contributed by atoms with E-state index in [-0.39, 0.29) is 5.38 Å². The lowest BCUT2D eigenvalue weighted by Crippen LogP contribution is -1.97. The van der Waals surface area contributed by atoms with Crippen molar-refractivity contribution in [3.8, 4) is 0 Å². The molecule has 0 bridgehead atoms. The van der Waals surface area contributed by atoms with Crippen LogP contribution in [0.5, 0.6) is 0 Å². The second-order valence-electron chi connectivity index (χ2n) is 3.98. The van der Waals surface area contributed by atoms with E-state index in [1.165, 1.54) is 6.07 Å². The van der Waals surface area contributed by atoms with Gasteiger partial charge in [0.05, 0.1) is 5.38 Å². The molecule has 94 valence electrons. The second-order valence-corrected chi connectivity index (χ2v) is 5.75. The van der Waals surface area contributed by atoms with Crippen LogP contribution in [0.3, 0.4) is 0 Å². The summed E-state index contributed by atoms with van der Waals surface area (Å²) in [6, 6.07) is 11.7. The van der Waals surface area contributed by atoms with Crippen LogP contribution in [0.2, 0.25) is 0 Å². The predicted octanol–water partition coefficient (Wildman–Crippen LogP) is 5.09. The van der Waals surface area contributed by atoms with Gasteiger partial charge in [-0.2, -0.15) is 0 Å². The van der Waals surface area contributed by atoms with E-state index in [4.69, 9.17) is 11.6 Å². The van der Waals surface area contributed by atoms with Crippen LogP contribution in [-0.2, 0) is 6.42 Å². The van der Waals surface area contributed by atoms with Gasteiger partial charge in [-0.15, -0.1) is 11.6 Å². The van der Waals surface area contributed by atoms with Crippen molar-refractivity contribution in [1.82, 2.24) is 0 Å². The van der Waals surface area contributed by atoms with E-state index in [9.17, 15) is 8.78 Å². The molecule has 0 saturated carbocycles. The molecule has 0 aromatic heterocycles. The number of hydrogen-bond acceptors (Lipinski definition) is 0. The fourth-order valence-corrected chi connectivity index (χ4v) is 2.57. The zero-order chi connectivity index (χ0) is 13.1. The monoisotopic (exact) mass is 378 g/mol. The third-order valence-electron chi connectivity index (χ3n) is 2.61. The highest BCUT2D eigenvalue weighted by molar-refractivity contribution is 14.1. The Morgan fingerprint density at radius 3 is 2.50 bits per heavy atom. The third-order valence-corrected chi connectivity index (χ3v) is 3.69. The molecule has 0 amide bonds. The molecule has 2 rings (SSSR count). The largest absolute Gasteiger partial charge is 0.204 e. The predicted molar refractivity (Wildman–Crippen MR) is 77.8 cm³/mol. The first kappa shape index (κ1) is 13.7. The van der Waals surface area contributed by atoms with Gasteiger partial charge in [0, 0.05) is 3.57 Å². The molecule has 0 fully saturated rings. The first-order chi connectivity index (χ1) is 8.56. The molecule has 4 heteroatoms. The van der Waals surface area contributed by atoms with E-state index < -0.39 is 11.6 Å². The molecule has 1 atom stereocenters. The molecular formula is C14H10ClF2I. The maximum Gasteiger partial charge on any atom is 0.159 e. The highest BCUT2D eigenvalue weighted by atomic mass is 127. The maximum atomic E-state index is 13.1. The van der Waals surface area contributed by atoms with Crippen LogP contribution in [0.1, 0.15) is 16.5 Å². The van der Waals surface area contributed by atoms with Crippen molar-refractivity contribution in [2.75, 3.05) is 0 Å². The summed E-state index contributed by atoms with van der Waals surface area (Å²) in [6.45, 7) is 0. The van der Waals surface area contributed by atoms with Gasteiger partial charge >= 0.3 is 0 Å². The zero-order valence-corrected chi connectivity index (χ0v) is 12.3. The molecule has 0 spiro atoms. The van der Waals surface area contributed by atoms with Crippen molar-refractivity contribution >= 4 is 34.2 Å². The third kappa shape index (κ3) is 3.42. The van der Waals surface area contributed by atoms with Gasteiger partial charge in [-0.05, 0) is 64.4 Å². The zero-order valence-electron chi connectivity index (χ0n) is 9.34. The van der Waals surface area contributed by atoms with Crippen LogP contribution in [0.4, 0.5) is 8.78 Å². The highest BCUT2D eigenvalue weighted by Gasteiger charge is 2.11. The number of halogens is 4. The number of benzene rings is 2. The summed E-state index contributed by atoms with van der Waals surface area (Å²) in [5, 5.41) is -0.246. The Hall–Kier alpha value is -0.680. The van der Waals surface area contributed by atoms with Gasteiger partial charge < -0.3 is 0 Å². The number of alkyl halides is 1. The normalized spacial score (nSPS) is 12.4. The van der Waals surface area contributed by atoms with Gasteiger partial charge in [0.2, 0.25) is 0 Å². The molecule has 0 radical (unpaired) electrons. The Kier molecular flexibility index (Phi) is 4.56. The Morgan fingerprint density at radius 2 is 1.83 bits per heavy atom. The minimum Gasteiger partial charge on any atom is -0.204 e. The van der Waals surface area contributed by atoms with E-state index in [0.29, 0.717) is 12.0 Å². The standard InChI is InChI=1S/C14H10ClF2I/c15-12(10-2-1-3-11(18)8-10)6-9-4-5-13(16)14(17)7-9/h1-5,7-8,12H,6H2. The van der Waals surface area contributed by atoms with Crippen LogP contribution in [0.25, 0.3) is 0 Å². The molecule has 2 aromatic rings. The summed E-state index contributed by atoms with van der Waals surface area (Å²) in [5.74, 6) is -1.67. The summed E-state index contributed by atoms with van der Waals surface area (Å²) >= 11 is 8.50. The lowest BCUT2D eigenvalue weighted by atomic mass is 10.0. The maximum absolute atomic E-state index is 13.1. The fraction of sp³-hybridized carbons (Fsp3) is 0.143. The number of hydrogen-bond donors (Lipinski definition) is 0. The Balaban J connectivity index is 2.16. The van der Waals surface area contributed by atoms with Crippen LogP contribution in [0.15, 0.2) is 42.5 Å². The topological polar surface area (TPSA) is 0 Å². The molecule has 18 heavy (non-hydrogen) atoms. The summed E-state index contributed by atoms with van der Waals surface area (Å²) in [5.41, 5.74) is 1.67. The molecule has 0 aliphatic heterocycles. The quantitative estimate of drug-likeness (QED) is 0.515. The van der Waals surface area contributed by atoms with E-state index in [2.05, 4.69) is 22.6 Å². The van der Waals surface area contributed by atoms with Gasteiger partial charge in [-0.3, -0.25) is 0 Å². The molecule has 1 unspecified atom stereocenters. The van der Waals surface area contributed by atoms with Crippen LogP contribution in [-0.4, -0.2) is 0 Å². The van der Waals surface area contributed by atoms with Crippen molar-refractivity contribution in [2.45, 2.75) is 11.8 Å². The fourth-order valence-electron chi connectivity index (χ4n) is 1.69. The molecule has 0 heterocycles. The van der Waals surface area contributed by atoms with Gasteiger partial charge in [0.15, 0.2) is 11.6 Å². The molecule has 0 N–H and O–H groups in total. The van der Waals surface area contributed by atoms with Gasteiger partial charge in [0.25, 0.3) is 0 Å². The van der Waals surface area contributed by atoms with Gasteiger partial charge in [-0.25, -0.2) is 8.78 Å². The molecule has 0 aliphatic carbocycles. The van der Waals surface area contributed by atoms with Gasteiger partial charge in [0.1, 0.15) is 0 Å². The van der Waals surface area contributed by atoms with E-state index in [1.807, 2.05) is 24.3 Å². The second kappa shape index (κ2) is 5.97. The first-order valence-electron chi connectivity index (χ1n) is 5.40. The lowest BCUT2D eigenvalue weighted by Gasteiger charge is -2.10. The minimum absolute atomic E-state index is 0.246. The lowest BCUT2D eigenvalue weighted by molar-refractivity contribution is 0.507. The average Bonchev–Trinajstić information content (AvgIpc) is 2.34. The van der Waals surface area contributed by atoms with E-state index in [1.54, 1.807) is 6.07 Å². The Labute approximate surface area is 123 Å². The summed E-state index contributed by atoms with van der Waals surface area (Å²) in [4.78, 5) is 0. The SMILES string of the molecule is Fc1ccc(CC(Cl)c2cccc(I)c2)cc1F. The smallest absolute Gasteiger partial charge is 0.159 e. The van der Waals surface area contributed by atoms with Crippen molar-refractivity contribution in [3.05, 3.63) is 68.8 Å². The Bertz CT molecular complexity index is 557. The number of rotatable bonds is 3. The summed E-state index contributed by atoms with van der Waals surface area (Å²) in [7, 11) is 0. The van der Waals surface area contributed by atoms with E-state index >= 15 is 0 Å². The van der Waals surface area contributed by atoms with Crippen LogP contribution < -0.4 is 0 Å². The molecule has 0 nitrogen and oxygen atoms in total. The minimum atomic E-state index is -0.834. The molecule has 0 saturated heterocycles. The molecular weight excluding hydrogens is 369 g/mol. The average molecular weight is 379 g/mol. The molecule has 0 aliphatic rings. The highest BCUT2D eigenvalue weighted by Crippen LogP contribution is 2.26. The van der Waals surface area contributed by atoms with E-state index in [0.717, 1.165) is 15.2 Å². The summed E-state index contributed by atoms with van der Waals surface area (Å²) < 4.78 is 27.0. The molecule has 2 aromatic carbocycles. The van der Waals surface area contributed by atoms with Crippen molar-refractivity contribution in [3.63, 3.8) is 0 Å². The van der Waals surface area contributed by atoms with Crippen LogP contribution in [0, 0.1) is 15.2 Å². The van der Waals surface area contributed by atoms with Crippen molar-refractivity contribution < 1.29 is 8.78 Å². The van der Waals surface area contributed by atoms with Crippen LogP contribution >= 0.6 is 34.2 Å². The van der Waals surface area contributed by atoms with Gasteiger partial charge in [-0.1, -0.05) is 18.2 Å². The summed E-state index contributed by atoms with van der Waals surface area (Å²) in [6.07, 6.45) is 0.471. The van der Waals surface area contributed by atoms with Crippen molar-refractivity contribution in [2.24, 2.45) is 0 Å². The first-order valence-corrected chi connectivity index (χ1v) is 6.91. The van der Waals surface area contributed by atoms with Crippen molar-refractivity contribution in [1.29, 1.82) is 0 Å².